The summed E-state index contributed by atoms with van der Waals surface area (Å²) in [6, 6.07) is 3.84. The van der Waals surface area contributed by atoms with Crippen LogP contribution < -0.4 is 0 Å². The molecule has 0 atom stereocenters. The number of rotatable bonds is 5. The number of carboxylic acid groups (broad SMARTS) is 1. The van der Waals surface area contributed by atoms with E-state index in [2.05, 4.69) is 0 Å². The minimum Gasteiger partial charge on any atom is -0.481 e. The van der Waals surface area contributed by atoms with E-state index in [-0.39, 0.29) is 18.9 Å². The highest BCUT2D eigenvalue weighted by molar-refractivity contribution is 7.09. The summed E-state index contributed by atoms with van der Waals surface area (Å²) in [6.07, 6.45) is -0.00897. The molecule has 1 amide bonds. The maximum absolute atomic E-state index is 11.2. The van der Waals surface area contributed by atoms with Gasteiger partial charge in [-0.15, -0.1) is 11.3 Å². The largest absolute Gasteiger partial charge is 0.481 e. The molecule has 0 saturated carbocycles. The first-order valence-corrected chi connectivity index (χ1v) is 5.47. The van der Waals surface area contributed by atoms with Gasteiger partial charge in [-0.25, -0.2) is 0 Å². The van der Waals surface area contributed by atoms with Crippen molar-refractivity contribution in [3.63, 3.8) is 0 Å². The lowest BCUT2D eigenvalue weighted by Crippen LogP contribution is -2.30. The van der Waals surface area contributed by atoms with E-state index in [4.69, 9.17) is 5.11 Å². The van der Waals surface area contributed by atoms with Crippen LogP contribution in [-0.4, -0.2) is 28.4 Å². The number of nitrogens with zero attached hydrogens (tertiary/aromatic N) is 1. The van der Waals surface area contributed by atoms with E-state index in [0.717, 1.165) is 4.88 Å². The van der Waals surface area contributed by atoms with Crippen molar-refractivity contribution in [1.29, 1.82) is 0 Å². The molecule has 0 saturated heterocycles. The molecule has 1 N–H and O–H groups in total. The zero-order valence-corrected chi connectivity index (χ0v) is 9.29. The van der Waals surface area contributed by atoms with Crippen molar-refractivity contribution in [2.75, 3.05) is 6.54 Å². The van der Waals surface area contributed by atoms with Crippen LogP contribution in [0.2, 0.25) is 0 Å². The van der Waals surface area contributed by atoms with Crippen molar-refractivity contribution >= 4 is 23.2 Å². The molecule has 15 heavy (non-hydrogen) atoms. The standard InChI is InChI=1S/C10H13NO3S/c1-8(12)11(5-4-10(13)14)7-9-3-2-6-15-9/h2-3,6H,4-5,7H2,1H3,(H,13,14). The van der Waals surface area contributed by atoms with E-state index < -0.39 is 5.97 Å². The second-order valence-electron chi connectivity index (χ2n) is 3.16. The number of hydrogen-bond donors (Lipinski definition) is 1. The fourth-order valence-corrected chi connectivity index (χ4v) is 1.89. The topological polar surface area (TPSA) is 57.6 Å². The van der Waals surface area contributed by atoms with Crippen molar-refractivity contribution in [2.45, 2.75) is 19.9 Å². The Morgan fingerprint density at radius 2 is 2.27 bits per heavy atom. The average molecular weight is 227 g/mol. The highest BCUT2D eigenvalue weighted by Gasteiger charge is 2.11. The van der Waals surface area contributed by atoms with Crippen LogP contribution in [-0.2, 0) is 16.1 Å². The Morgan fingerprint density at radius 3 is 2.73 bits per heavy atom. The monoisotopic (exact) mass is 227 g/mol. The van der Waals surface area contributed by atoms with Crippen molar-refractivity contribution < 1.29 is 14.7 Å². The molecule has 0 radical (unpaired) electrons. The first-order chi connectivity index (χ1) is 7.09. The predicted molar refractivity (Wildman–Crippen MR) is 57.7 cm³/mol. The highest BCUT2D eigenvalue weighted by Crippen LogP contribution is 2.12. The lowest BCUT2D eigenvalue weighted by Gasteiger charge is -2.19. The molecule has 4 nitrogen and oxygen atoms in total. The summed E-state index contributed by atoms with van der Waals surface area (Å²) in [5, 5.41) is 10.5. The summed E-state index contributed by atoms with van der Waals surface area (Å²) < 4.78 is 0. The van der Waals surface area contributed by atoms with Gasteiger partial charge in [-0.3, -0.25) is 9.59 Å². The van der Waals surface area contributed by atoms with Gasteiger partial charge >= 0.3 is 5.97 Å². The average Bonchev–Trinajstić information content (AvgIpc) is 2.63. The maximum Gasteiger partial charge on any atom is 0.305 e. The molecule has 0 spiro atoms. The number of carbonyl (C=O) groups is 2. The van der Waals surface area contributed by atoms with E-state index in [1.54, 1.807) is 16.2 Å². The second-order valence-corrected chi connectivity index (χ2v) is 4.20. The number of aliphatic carboxylic acids is 1. The predicted octanol–water partition coefficient (Wildman–Crippen LogP) is 1.57. The highest BCUT2D eigenvalue weighted by atomic mass is 32.1. The molecule has 0 fully saturated rings. The Bertz CT molecular complexity index is 334. The van der Waals surface area contributed by atoms with Crippen LogP contribution in [0.3, 0.4) is 0 Å². The SMILES string of the molecule is CC(=O)N(CCC(=O)O)Cc1cccs1. The van der Waals surface area contributed by atoms with E-state index in [0.29, 0.717) is 6.54 Å². The van der Waals surface area contributed by atoms with E-state index >= 15 is 0 Å². The molecular weight excluding hydrogens is 214 g/mol. The van der Waals surface area contributed by atoms with Gasteiger partial charge in [0, 0.05) is 18.3 Å². The smallest absolute Gasteiger partial charge is 0.305 e. The fraction of sp³-hybridized carbons (Fsp3) is 0.400. The second kappa shape index (κ2) is 5.50. The number of carbonyl (C=O) groups excluding carboxylic acids is 1. The normalized spacial score (nSPS) is 9.93. The van der Waals surface area contributed by atoms with Crippen LogP contribution in [0.25, 0.3) is 0 Å². The van der Waals surface area contributed by atoms with E-state index in [9.17, 15) is 9.59 Å². The first kappa shape index (κ1) is 11.7. The molecule has 0 aliphatic heterocycles. The van der Waals surface area contributed by atoms with Crippen molar-refractivity contribution in [2.24, 2.45) is 0 Å². The van der Waals surface area contributed by atoms with Crippen molar-refractivity contribution in [1.82, 2.24) is 4.90 Å². The summed E-state index contributed by atoms with van der Waals surface area (Å²) >= 11 is 1.56. The summed E-state index contributed by atoms with van der Waals surface area (Å²) in [5.74, 6) is -0.975. The Hall–Kier alpha value is -1.36. The van der Waals surface area contributed by atoms with Crippen molar-refractivity contribution in [3.05, 3.63) is 22.4 Å². The van der Waals surface area contributed by atoms with Gasteiger partial charge < -0.3 is 10.0 Å². The third-order valence-corrected chi connectivity index (χ3v) is 2.83. The molecule has 1 rings (SSSR count). The molecule has 0 aliphatic rings. The third kappa shape index (κ3) is 4.12. The van der Waals surface area contributed by atoms with Crippen LogP contribution in [0.5, 0.6) is 0 Å². The van der Waals surface area contributed by atoms with Crippen LogP contribution in [0.15, 0.2) is 17.5 Å². The number of hydrogen-bond acceptors (Lipinski definition) is 3. The lowest BCUT2D eigenvalue weighted by molar-refractivity contribution is -0.138. The van der Waals surface area contributed by atoms with Gasteiger partial charge in [0.15, 0.2) is 0 Å². The summed E-state index contributed by atoms with van der Waals surface area (Å²) in [6.45, 7) is 2.22. The van der Waals surface area contributed by atoms with Gasteiger partial charge in [-0.05, 0) is 11.4 Å². The van der Waals surface area contributed by atoms with Gasteiger partial charge in [0.25, 0.3) is 0 Å². The molecule has 1 heterocycles. The van der Waals surface area contributed by atoms with Gasteiger partial charge in [0.05, 0.1) is 13.0 Å². The molecule has 0 aliphatic carbocycles. The minimum atomic E-state index is -0.882. The van der Waals surface area contributed by atoms with Crippen LogP contribution in [0.1, 0.15) is 18.2 Å². The zero-order chi connectivity index (χ0) is 11.3. The molecule has 5 heteroatoms. The van der Waals surface area contributed by atoms with Gasteiger partial charge in [-0.1, -0.05) is 6.07 Å². The summed E-state index contributed by atoms with van der Waals surface area (Å²) in [5.41, 5.74) is 0. The Labute approximate surface area is 92.1 Å². The number of carboxylic acids is 1. The Kier molecular flexibility index (Phi) is 4.30. The van der Waals surface area contributed by atoms with Gasteiger partial charge in [-0.2, -0.15) is 0 Å². The minimum absolute atomic E-state index is 0.00897. The van der Waals surface area contributed by atoms with Gasteiger partial charge in [0.2, 0.25) is 5.91 Å². The van der Waals surface area contributed by atoms with Crippen molar-refractivity contribution in [3.8, 4) is 0 Å². The lowest BCUT2D eigenvalue weighted by atomic mass is 10.3. The molecular formula is C10H13NO3S. The quantitative estimate of drug-likeness (QED) is 0.830. The zero-order valence-electron chi connectivity index (χ0n) is 8.47. The summed E-state index contributed by atoms with van der Waals surface area (Å²) in [4.78, 5) is 24.2. The first-order valence-electron chi connectivity index (χ1n) is 4.59. The number of thiophene rings is 1. The molecule has 0 bridgehead atoms. The van der Waals surface area contributed by atoms with Crippen LogP contribution in [0, 0.1) is 0 Å². The fourth-order valence-electron chi connectivity index (χ4n) is 1.17. The third-order valence-electron chi connectivity index (χ3n) is 1.97. The van der Waals surface area contributed by atoms with E-state index in [1.165, 1.54) is 6.92 Å². The maximum atomic E-state index is 11.2. The van der Waals surface area contributed by atoms with E-state index in [1.807, 2.05) is 17.5 Å². The molecule has 0 unspecified atom stereocenters. The Balaban J connectivity index is 2.51. The van der Waals surface area contributed by atoms with Crippen LogP contribution >= 0.6 is 11.3 Å². The molecule has 82 valence electrons. The van der Waals surface area contributed by atoms with Gasteiger partial charge in [0.1, 0.15) is 0 Å². The Morgan fingerprint density at radius 1 is 1.53 bits per heavy atom. The summed E-state index contributed by atoms with van der Waals surface area (Å²) in [7, 11) is 0. The molecule has 0 aromatic carbocycles. The molecule has 1 aromatic rings. The molecule has 1 aromatic heterocycles. The van der Waals surface area contributed by atoms with Crippen LogP contribution in [0.4, 0.5) is 0 Å². The number of amides is 1.